The Bertz CT molecular complexity index is 494. The molecule has 2 rings (SSSR count). The second-order valence-electron chi connectivity index (χ2n) is 6.10. The molecule has 1 saturated heterocycles. The first-order valence-corrected chi connectivity index (χ1v) is 7.69. The minimum Gasteiger partial charge on any atom is -0.310 e. The van der Waals surface area contributed by atoms with Gasteiger partial charge in [-0.1, -0.05) is 12.1 Å². The number of nitro benzene ring substituents is 1. The topological polar surface area (TPSA) is 58.4 Å². The lowest BCUT2D eigenvalue weighted by atomic mass is 10.0. The Morgan fingerprint density at radius 3 is 2.62 bits per heavy atom. The first-order chi connectivity index (χ1) is 9.99. The first kappa shape index (κ1) is 15.9. The predicted octanol–water partition coefficient (Wildman–Crippen LogP) is 2.87. The summed E-state index contributed by atoms with van der Waals surface area (Å²) < 4.78 is 0. The van der Waals surface area contributed by atoms with Gasteiger partial charge in [-0.05, 0) is 52.3 Å². The van der Waals surface area contributed by atoms with Crippen LogP contribution in [0.15, 0.2) is 18.2 Å². The highest BCUT2D eigenvalue weighted by molar-refractivity contribution is 5.44. The van der Waals surface area contributed by atoms with Gasteiger partial charge in [0.25, 0.3) is 5.69 Å². The minimum absolute atomic E-state index is 0.212. The van der Waals surface area contributed by atoms with Crippen LogP contribution in [0.25, 0.3) is 0 Å². The monoisotopic (exact) mass is 291 g/mol. The number of rotatable bonds is 5. The Balaban J connectivity index is 1.90. The molecule has 0 saturated carbocycles. The van der Waals surface area contributed by atoms with Gasteiger partial charge < -0.3 is 10.2 Å². The molecule has 1 aromatic rings. The summed E-state index contributed by atoms with van der Waals surface area (Å²) in [5.74, 6) is 0. The maximum Gasteiger partial charge on any atom is 0.272 e. The van der Waals surface area contributed by atoms with Crippen LogP contribution in [0.4, 0.5) is 5.69 Å². The van der Waals surface area contributed by atoms with Crippen LogP contribution in [0.5, 0.6) is 0 Å². The summed E-state index contributed by atoms with van der Waals surface area (Å²) >= 11 is 0. The van der Waals surface area contributed by atoms with Gasteiger partial charge in [-0.3, -0.25) is 10.1 Å². The second-order valence-corrected chi connectivity index (χ2v) is 6.10. The van der Waals surface area contributed by atoms with E-state index in [4.69, 9.17) is 0 Å². The number of piperidine rings is 1. The van der Waals surface area contributed by atoms with E-state index in [1.807, 2.05) is 13.0 Å². The summed E-state index contributed by atoms with van der Waals surface area (Å²) in [6, 6.07) is 6.44. The molecular weight excluding hydrogens is 266 g/mol. The normalized spacial score (nSPS) is 17.3. The molecule has 0 atom stereocenters. The highest BCUT2D eigenvalue weighted by Crippen LogP contribution is 2.21. The fourth-order valence-corrected chi connectivity index (χ4v) is 2.93. The van der Waals surface area contributed by atoms with E-state index in [0.29, 0.717) is 18.6 Å². The molecule has 0 aliphatic carbocycles. The van der Waals surface area contributed by atoms with Gasteiger partial charge in [-0.25, -0.2) is 0 Å². The highest BCUT2D eigenvalue weighted by Gasteiger charge is 2.21. The summed E-state index contributed by atoms with van der Waals surface area (Å²) in [4.78, 5) is 13.2. The van der Waals surface area contributed by atoms with Gasteiger partial charge in [-0.15, -0.1) is 0 Å². The van der Waals surface area contributed by atoms with E-state index in [1.54, 1.807) is 12.1 Å². The molecule has 0 spiro atoms. The molecule has 1 aliphatic rings. The minimum atomic E-state index is -0.306. The number of nitro groups is 1. The number of likely N-dealkylation sites (tertiary alicyclic amines) is 1. The van der Waals surface area contributed by atoms with Crippen LogP contribution in [0.2, 0.25) is 0 Å². The Hall–Kier alpha value is -1.46. The third kappa shape index (κ3) is 4.02. The van der Waals surface area contributed by atoms with Crippen LogP contribution in [-0.4, -0.2) is 35.0 Å². The summed E-state index contributed by atoms with van der Waals surface area (Å²) in [5.41, 5.74) is 2.01. The molecule has 1 heterocycles. The van der Waals surface area contributed by atoms with E-state index in [-0.39, 0.29) is 10.6 Å². The molecule has 116 valence electrons. The van der Waals surface area contributed by atoms with Gasteiger partial charge in [0.2, 0.25) is 0 Å². The fraction of sp³-hybridized carbons (Fsp3) is 0.625. The quantitative estimate of drug-likeness (QED) is 0.669. The lowest BCUT2D eigenvalue weighted by Crippen LogP contribution is -2.44. The first-order valence-electron chi connectivity index (χ1n) is 7.69. The molecule has 21 heavy (non-hydrogen) atoms. The van der Waals surface area contributed by atoms with E-state index in [2.05, 4.69) is 24.1 Å². The van der Waals surface area contributed by atoms with Crippen LogP contribution in [-0.2, 0) is 6.54 Å². The Morgan fingerprint density at radius 1 is 1.38 bits per heavy atom. The van der Waals surface area contributed by atoms with E-state index >= 15 is 0 Å². The Kier molecular flexibility index (Phi) is 5.31. The smallest absolute Gasteiger partial charge is 0.272 e. The average Bonchev–Trinajstić information content (AvgIpc) is 2.46. The largest absolute Gasteiger partial charge is 0.310 e. The van der Waals surface area contributed by atoms with Gasteiger partial charge >= 0.3 is 0 Å². The van der Waals surface area contributed by atoms with Crippen molar-refractivity contribution in [2.75, 3.05) is 13.1 Å². The maximum absolute atomic E-state index is 11.0. The highest BCUT2D eigenvalue weighted by atomic mass is 16.6. The van der Waals surface area contributed by atoms with Crippen LogP contribution >= 0.6 is 0 Å². The fourth-order valence-electron chi connectivity index (χ4n) is 2.93. The lowest BCUT2D eigenvalue weighted by molar-refractivity contribution is -0.385. The number of nitrogens with one attached hydrogen (secondary N) is 1. The second kappa shape index (κ2) is 7.00. The molecule has 1 aliphatic heterocycles. The molecular formula is C16H25N3O2. The van der Waals surface area contributed by atoms with Crippen molar-refractivity contribution in [2.45, 2.75) is 52.2 Å². The molecule has 1 fully saturated rings. The van der Waals surface area contributed by atoms with Crippen molar-refractivity contribution >= 4 is 5.69 Å². The van der Waals surface area contributed by atoms with Gasteiger partial charge in [0.1, 0.15) is 0 Å². The van der Waals surface area contributed by atoms with Gasteiger partial charge in [0.15, 0.2) is 0 Å². The van der Waals surface area contributed by atoms with Gasteiger partial charge in [-0.2, -0.15) is 0 Å². The molecule has 0 amide bonds. The van der Waals surface area contributed by atoms with Crippen LogP contribution in [0, 0.1) is 17.0 Å². The molecule has 1 N–H and O–H groups in total. The molecule has 0 bridgehead atoms. The van der Waals surface area contributed by atoms with Crippen molar-refractivity contribution in [3.8, 4) is 0 Å². The molecule has 5 heteroatoms. The SMILES string of the molecule is Cc1c(CNC2CCN(C(C)C)CC2)cccc1[N+](=O)[O-]. The van der Waals surface area contributed by atoms with Crippen molar-refractivity contribution in [2.24, 2.45) is 0 Å². The van der Waals surface area contributed by atoms with Crippen molar-refractivity contribution in [3.05, 3.63) is 39.4 Å². The summed E-state index contributed by atoms with van der Waals surface area (Å²) in [5, 5.41) is 14.5. The predicted molar refractivity (Wildman–Crippen MR) is 84.4 cm³/mol. The third-order valence-corrected chi connectivity index (χ3v) is 4.46. The number of hydrogen-bond acceptors (Lipinski definition) is 4. The van der Waals surface area contributed by atoms with Crippen molar-refractivity contribution in [1.82, 2.24) is 10.2 Å². The van der Waals surface area contributed by atoms with Crippen molar-refractivity contribution in [3.63, 3.8) is 0 Å². The average molecular weight is 291 g/mol. The van der Waals surface area contributed by atoms with E-state index in [1.165, 1.54) is 0 Å². The van der Waals surface area contributed by atoms with Crippen molar-refractivity contribution in [1.29, 1.82) is 0 Å². The number of hydrogen-bond donors (Lipinski definition) is 1. The van der Waals surface area contributed by atoms with E-state index < -0.39 is 0 Å². The van der Waals surface area contributed by atoms with Crippen LogP contribution in [0.3, 0.4) is 0 Å². The Labute approximate surface area is 126 Å². The molecule has 0 radical (unpaired) electrons. The van der Waals surface area contributed by atoms with Gasteiger partial charge in [0, 0.05) is 30.3 Å². The van der Waals surface area contributed by atoms with E-state index in [9.17, 15) is 10.1 Å². The van der Waals surface area contributed by atoms with Crippen molar-refractivity contribution < 1.29 is 4.92 Å². The maximum atomic E-state index is 11.0. The van der Waals surface area contributed by atoms with E-state index in [0.717, 1.165) is 37.1 Å². The third-order valence-electron chi connectivity index (χ3n) is 4.46. The molecule has 0 unspecified atom stereocenters. The zero-order chi connectivity index (χ0) is 15.4. The zero-order valence-corrected chi connectivity index (χ0v) is 13.1. The zero-order valence-electron chi connectivity index (χ0n) is 13.1. The summed E-state index contributed by atoms with van der Waals surface area (Å²) in [7, 11) is 0. The van der Waals surface area contributed by atoms with Crippen LogP contribution in [0.1, 0.15) is 37.8 Å². The number of benzene rings is 1. The lowest BCUT2D eigenvalue weighted by Gasteiger charge is -2.35. The molecule has 1 aromatic carbocycles. The standard InChI is InChI=1S/C16H25N3O2/c1-12(2)18-9-7-15(8-10-18)17-11-14-5-4-6-16(13(14)3)19(20)21/h4-6,12,15,17H,7-11H2,1-3H3. The summed E-state index contributed by atoms with van der Waals surface area (Å²) in [6.45, 7) is 9.27. The molecule has 5 nitrogen and oxygen atoms in total. The van der Waals surface area contributed by atoms with Crippen LogP contribution < -0.4 is 5.32 Å². The Morgan fingerprint density at radius 2 is 2.05 bits per heavy atom. The summed E-state index contributed by atoms with van der Waals surface area (Å²) in [6.07, 6.45) is 2.29. The number of nitrogens with zero attached hydrogens (tertiary/aromatic N) is 2. The molecule has 0 aromatic heterocycles. The van der Waals surface area contributed by atoms with Gasteiger partial charge in [0.05, 0.1) is 4.92 Å².